The first kappa shape index (κ1) is 19.4. The van der Waals surface area contributed by atoms with Gasteiger partial charge in [0.1, 0.15) is 0 Å². The third kappa shape index (κ3) is 5.09. The van der Waals surface area contributed by atoms with Crippen molar-refractivity contribution in [2.45, 2.75) is 6.42 Å². The quantitative estimate of drug-likeness (QED) is 0.568. The van der Waals surface area contributed by atoms with Crippen molar-refractivity contribution in [3.63, 3.8) is 0 Å². The summed E-state index contributed by atoms with van der Waals surface area (Å²) in [5, 5.41) is 12.6. The molecule has 3 rings (SSSR count). The van der Waals surface area contributed by atoms with E-state index >= 15 is 0 Å². The van der Waals surface area contributed by atoms with E-state index in [2.05, 4.69) is 15.7 Å². The maximum atomic E-state index is 12.2. The van der Waals surface area contributed by atoms with Gasteiger partial charge in [-0.2, -0.15) is 5.10 Å². The summed E-state index contributed by atoms with van der Waals surface area (Å²) in [4.78, 5) is 24.6. The molecule has 9 heteroatoms. The van der Waals surface area contributed by atoms with Crippen LogP contribution in [0.3, 0.4) is 0 Å². The zero-order valence-electron chi connectivity index (χ0n) is 14.1. The fourth-order valence-electron chi connectivity index (χ4n) is 2.29. The molecule has 0 saturated carbocycles. The van der Waals surface area contributed by atoms with Gasteiger partial charge in [0, 0.05) is 19.3 Å². The summed E-state index contributed by atoms with van der Waals surface area (Å²) in [5.74, 6) is -0.380. The van der Waals surface area contributed by atoms with Crippen LogP contribution < -0.4 is 10.6 Å². The van der Waals surface area contributed by atoms with Gasteiger partial charge in [-0.05, 0) is 42.1 Å². The standard InChI is InChI=1S/C18H16Cl2N4O2S/c19-13-5-4-12(11-14(13)20)24-9-6-15(23-24)17(25)21-7-2-8-22-18(26)16-3-1-10-27-16/h1,3-6,9-11H,2,7-8H2,(H,21,25)(H,22,26). The Hall–Kier alpha value is -2.35. The van der Waals surface area contributed by atoms with Gasteiger partial charge < -0.3 is 10.6 Å². The number of carbonyl (C=O) groups is 2. The summed E-state index contributed by atoms with van der Waals surface area (Å²) in [6.45, 7) is 0.915. The van der Waals surface area contributed by atoms with Crippen molar-refractivity contribution in [1.82, 2.24) is 20.4 Å². The predicted octanol–water partition coefficient (Wildman–Crippen LogP) is 3.79. The van der Waals surface area contributed by atoms with Gasteiger partial charge in [-0.1, -0.05) is 29.3 Å². The Kier molecular flexibility index (Phi) is 6.49. The summed E-state index contributed by atoms with van der Waals surface area (Å²) in [5.41, 5.74) is 1.00. The zero-order chi connectivity index (χ0) is 19.2. The summed E-state index contributed by atoms with van der Waals surface area (Å²) >= 11 is 13.3. The lowest BCUT2D eigenvalue weighted by atomic mass is 10.3. The monoisotopic (exact) mass is 422 g/mol. The van der Waals surface area contributed by atoms with Crippen LogP contribution in [0.25, 0.3) is 5.69 Å². The van der Waals surface area contributed by atoms with Crippen molar-refractivity contribution in [2.24, 2.45) is 0 Å². The number of halogens is 2. The van der Waals surface area contributed by atoms with Gasteiger partial charge in [-0.15, -0.1) is 11.3 Å². The first-order chi connectivity index (χ1) is 13.0. The maximum absolute atomic E-state index is 12.2. The highest BCUT2D eigenvalue weighted by atomic mass is 35.5. The van der Waals surface area contributed by atoms with Crippen molar-refractivity contribution in [2.75, 3.05) is 13.1 Å². The SMILES string of the molecule is O=C(NCCCNC(=O)c1cccs1)c1ccn(-c2ccc(Cl)c(Cl)c2)n1. The van der Waals surface area contributed by atoms with Crippen LogP contribution in [0.2, 0.25) is 10.0 Å². The lowest BCUT2D eigenvalue weighted by Crippen LogP contribution is -2.29. The lowest BCUT2D eigenvalue weighted by molar-refractivity contribution is 0.0947. The highest BCUT2D eigenvalue weighted by Crippen LogP contribution is 2.24. The van der Waals surface area contributed by atoms with E-state index in [9.17, 15) is 9.59 Å². The smallest absolute Gasteiger partial charge is 0.271 e. The highest BCUT2D eigenvalue weighted by molar-refractivity contribution is 7.12. The van der Waals surface area contributed by atoms with E-state index in [1.807, 2.05) is 11.4 Å². The van der Waals surface area contributed by atoms with Crippen LogP contribution in [0.4, 0.5) is 0 Å². The van der Waals surface area contributed by atoms with Gasteiger partial charge in [0.05, 0.1) is 20.6 Å². The molecule has 0 aliphatic heterocycles. The zero-order valence-corrected chi connectivity index (χ0v) is 16.4. The van der Waals surface area contributed by atoms with Crippen LogP contribution in [-0.2, 0) is 0 Å². The van der Waals surface area contributed by atoms with E-state index in [4.69, 9.17) is 23.2 Å². The number of benzene rings is 1. The molecule has 27 heavy (non-hydrogen) atoms. The normalized spacial score (nSPS) is 10.6. The second-order valence-electron chi connectivity index (χ2n) is 5.59. The second-order valence-corrected chi connectivity index (χ2v) is 7.35. The Balaban J connectivity index is 1.45. The van der Waals surface area contributed by atoms with Gasteiger partial charge in [0.25, 0.3) is 11.8 Å². The Morgan fingerprint density at radius 2 is 1.81 bits per heavy atom. The molecule has 0 saturated heterocycles. The van der Waals surface area contributed by atoms with Crippen molar-refractivity contribution < 1.29 is 9.59 Å². The number of nitrogens with one attached hydrogen (secondary N) is 2. The minimum absolute atomic E-state index is 0.100. The minimum atomic E-state index is -0.279. The van der Waals surface area contributed by atoms with Crippen molar-refractivity contribution >= 4 is 46.4 Å². The van der Waals surface area contributed by atoms with Crippen LogP contribution in [0.1, 0.15) is 26.6 Å². The average molecular weight is 423 g/mol. The first-order valence-corrected chi connectivity index (χ1v) is 9.79. The molecule has 0 spiro atoms. The molecule has 0 atom stereocenters. The third-order valence-electron chi connectivity index (χ3n) is 3.66. The summed E-state index contributed by atoms with van der Waals surface area (Å²) < 4.78 is 1.55. The van der Waals surface area contributed by atoms with E-state index in [1.165, 1.54) is 11.3 Å². The van der Waals surface area contributed by atoms with E-state index in [1.54, 1.807) is 41.2 Å². The van der Waals surface area contributed by atoms with E-state index in [0.29, 0.717) is 45.8 Å². The van der Waals surface area contributed by atoms with E-state index in [-0.39, 0.29) is 11.8 Å². The number of amides is 2. The third-order valence-corrected chi connectivity index (χ3v) is 5.27. The van der Waals surface area contributed by atoms with Gasteiger partial charge in [0.15, 0.2) is 5.69 Å². The molecule has 0 unspecified atom stereocenters. The molecule has 0 bridgehead atoms. The molecule has 1 aromatic carbocycles. The van der Waals surface area contributed by atoms with Crippen molar-refractivity contribution in [3.05, 3.63) is 68.6 Å². The van der Waals surface area contributed by atoms with Crippen molar-refractivity contribution in [3.8, 4) is 5.69 Å². The fourth-order valence-corrected chi connectivity index (χ4v) is 3.23. The van der Waals surface area contributed by atoms with Gasteiger partial charge in [-0.3, -0.25) is 9.59 Å². The molecule has 2 aromatic heterocycles. The number of aromatic nitrogens is 2. The lowest BCUT2D eigenvalue weighted by Gasteiger charge is -2.05. The van der Waals surface area contributed by atoms with Gasteiger partial charge >= 0.3 is 0 Å². The molecule has 2 amide bonds. The molecule has 6 nitrogen and oxygen atoms in total. The molecule has 0 radical (unpaired) electrons. The Labute approximate surface area is 170 Å². The number of hydrogen-bond acceptors (Lipinski definition) is 4. The summed E-state index contributed by atoms with van der Waals surface area (Å²) in [6, 6.07) is 10.3. The topological polar surface area (TPSA) is 76.0 Å². The molecule has 2 N–H and O–H groups in total. The minimum Gasteiger partial charge on any atom is -0.351 e. The Morgan fingerprint density at radius 1 is 1.04 bits per heavy atom. The van der Waals surface area contributed by atoms with Gasteiger partial charge in [-0.25, -0.2) is 4.68 Å². The van der Waals surface area contributed by atoms with E-state index in [0.717, 1.165) is 0 Å². The molecular formula is C18H16Cl2N4O2S. The van der Waals surface area contributed by atoms with Gasteiger partial charge in [0.2, 0.25) is 0 Å². The number of hydrogen-bond donors (Lipinski definition) is 2. The number of rotatable bonds is 7. The Bertz CT molecular complexity index is 941. The highest BCUT2D eigenvalue weighted by Gasteiger charge is 2.11. The molecular weight excluding hydrogens is 407 g/mol. The number of nitrogens with zero attached hydrogens (tertiary/aromatic N) is 2. The molecule has 2 heterocycles. The predicted molar refractivity (Wildman–Crippen MR) is 107 cm³/mol. The maximum Gasteiger partial charge on any atom is 0.271 e. The molecule has 0 fully saturated rings. The largest absolute Gasteiger partial charge is 0.351 e. The van der Waals surface area contributed by atoms with Crippen LogP contribution in [0.5, 0.6) is 0 Å². The van der Waals surface area contributed by atoms with E-state index < -0.39 is 0 Å². The number of carbonyl (C=O) groups excluding carboxylic acids is 2. The van der Waals surface area contributed by atoms with Crippen LogP contribution in [0.15, 0.2) is 48.0 Å². The van der Waals surface area contributed by atoms with Crippen LogP contribution in [-0.4, -0.2) is 34.7 Å². The van der Waals surface area contributed by atoms with Crippen LogP contribution >= 0.6 is 34.5 Å². The summed E-state index contributed by atoms with van der Waals surface area (Å²) in [7, 11) is 0. The molecule has 3 aromatic rings. The fraction of sp³-hybridized carbons (Fsp3) is 0.167. The first-order valence-electron chi connectivity index (χ1n) is 8.15. The number of thiophene rings is 1. The molecule has 0 aliphatic rings. The molecule has 0 aliphatic carbocycles. The Morgan fingerprint density at radius 3 is 2.52 bits per heavy atom. The molecule has 140 valence electrons. The second kappa shape index (κ2) is 9.03. The average Bonchev–Trinajstić information content (AvgIpc) is 3.35. The van der Waals surface area contributed by atoms with Crippen LogP contribution in [0, 0.1) is 0 Å². The summed E-state index contributed by atoms with van der Waals surface area (Å²) in [6.07, 6.45) is 2.30. The van der Waals surface area contributed by atoms with Crippen molar-refractivity contribution in [1.29, 1.82) is 0 Å².